The normalized spacial score (nSPS) is 24.9. The van der Waals surface area contributed by atoms with Gasteiger partial charge >= 0.3 is 0 Å². The van der Waals surface area contributed by atoms with E-state index in [1.807, 2.05) is 12.1 Å². The molecule has 0 aromatic heterocycles. The summed E-state index contributed by atoms with van der Waals surface area (Å²) in [5.74, 6) is 0.411. The quantitative estimate of drug-likeness (QED) is 0.587. The topological polar surface area (TPSA) is 29.4 Å². The fourth-order valence-electron chi connectivity index (χ4n) is 1.83. The van der Waals surface area contributed by atoms with Gasteiger partial charge in [0.15, 0.2) is 0 Å². The van der Waals surface area contributed by atoms with Crippen LogP contribution in [0.2, 0.25) is 0 Å². The molecule has 1 saturated carbocycles. The van der Waals surface area contributed by atoms with Gasteiger partial charge in [-0.05, 0) is 30.5 Å². The van der Waals surface area contributed by atoms with Gasteiger partial charge in [-0.1, -0.05) is 28.1 Å². The molecule has 0 unspecified atom stereocenters. The van der Waals surface area contributed by atoms with Gasteiger partial charge in [-0.25, -0.2) is 9.79 Å². The van der Waals surface area contributed by atoms with Crippen LogP contribution in [-0.4, -0.2) is 12.1 Å². The van der Waals surface area contributed by atoms with E-state index in [4.69, 9.17) is 0 Å². The Morgan fingerprint density at radius 2 is 2.29 bits per heavy atom. The zero-order valence-electron chi connectivity index (χ0n) is 7.61. The molecule has 1 aliphatic rings. The molecule has 1 aromatic carbocycles. The lowest BCUT2D eigenvalue weighted by Gasteiger charge is -2.32. The molecule has 1 fully saturated rings. The van der Waals surface area contributed by atoms with Crippen molar-refractivity contribution in [3.05, 3.63) is 34.3 Å². The number of nitrogens with zero attached hydrogens (tertiary/aromatic N) is 1. The van der Waals surface area contributed by atoms with E-state index in [9.17, 15) is 4.79 Å². The van der Waals surface area contributed by atoms with Crippen molar-refractivity contribution < 1.29 is 4.79 Å². The number of halogens is 1. The molecule has 1 aromatic rings. The van der Waals surface area contributed by atoms with E-state index in [0.717, 1.165) is 17.3 Å². The summed E-state index contributed by atoms with van der Waals surface area (Å²) in [7, 11) is 0. The number of aliphatic imine (C=N–C) groups is 1. The third kappa shape index (κ3) is 1.79. The van der Waals surface area contributed by atoms with Crippen LogP contribution in [0.4, 0.5) is 0 Å². The largest absolute Gasteiger partial charge is 0.235 e. The first kappa shape index (κ1) is 9.63. The first-order valence-electron chi connectivity index (χ1n) is 4.63. The minimum absolute atomic E-state index is 0.154. The first-order valence-corrected chi connectivity index (χ1v) is 5.43. The number of hydrogen-bond acceptors (Lipinski definition) is 2. The van der Waals surface area contributed by atoms with Crippen molar-refractivity contribution in [2.45, 2.75) is 24.8 Å². The van der Waals surface area contributed by atoms with Crippen LogP contribution in [-0.2, 0) is 4.79 Å². The summed E-state index contributed by atoms with van der Waals surface area (Å²) < 4.78 is 1.08. The van der Waals surface area contributed by atoms with Crippen LogP contribution >= 0.6 is 15.9 Å². The Hall–Kier alpha value is -0.920. The van der Waals surface area contributed by atoms with Gasteiger partial charge < -0.3 is 0 Å². The number of hydrogen-bond donors (Lipinski definition) is 0. The highest BCUT2D eigenvalue weighted by Gasteiger charge is 2.31. The lowest BCUT2D eigenvalue weighted by atomic mass is 9.75. The SMILES string of the molecule is O=C=N[C@H]1CC[C@H]1c1cccc(Br)c1. The Labute approximate surface area is 91.2 Å². The highest BCUT2D eigenvalue weighted by molar-refractivity contribution is 9.10. The summed E-state index contributed by atoms with van der Waals surface area (Å²) in [5, 5.41) is 0. The van der Waals surface area contributed by atoms with Gasteiger partial charge in [0.2, 0.25) is 6.08 Å². The second-order valence-corrected chi connectivity index (χ2v) is 4.44. The second-order valence-electron chi connectivity index (χ2n) is 3.53. The van der Waals surface area contributed by atoms with E-state index in [-0.39, 0.29) is 6.04 Å². The number of carbonyl (C=O) groups excluding carboxylic acids is 1. The van der Waals surface area contributed by atoms with Gasteiger partial charge in [-0.15, -0.1) is 0 Å². The smallest absolute Gasteiger partial charge is 0.211 e. The Balaban J connectivity index is 2.19. The highest BCUT2D eigenvalue weighted by Crippen LogP contribution is 2.39. The summed E-state index contributed by atoms with van der Waals surface area (Å²) in [6.45, 7) is 0. The fourth-order valence-corrected chi connectivity index (χ4v) is 2.25. The number of benzene rings is 1. The van der Waals surface area contributed by atoms with Crippen molar-refractivity contribution in [3.8, 4) is 0 Å². The maximum Gasteiger partial charge on any atom is 0.235 e. The van der Waals surface area contributed by atoms with Gasteiger partial charge in [0.05, 0.1) is 6.04 Å². The average Bonchev–Trinajstić information content (AvgIpc) is 2.12. The van der Waals surface area contributed by atoms with Crippen LogP contribution in [0.5, 0.6) is 0 Å². The molecule has 0 saturated heterocycles. The molecular weight excluding hydrogens is 242 g/mol. The van der Waals surface area contributed by atoms with Crippen LogP contribution in [0.3, 0.4) is 0 Å². The first-order chi connectivity index (χ1) is 6.81. The van der Waals surface area contributed by atoms with Crippen LogP contribution in [0.25, 0.3) is 0 Å². The molecule has 14 heavy (non-hydrogen) atoms. The second kappa shape index (κ2) is 4.07. The molecule has 0 spiro atoms. The monoisotopic (exact) mass is 251 g/mol. The molecule has 0 N–H and O–H groups in total. The van der Waals surface area contributed by atoms with Crippen LogP contribution < -0.4 is 0 Å². The summed E-state index contributed by atoms with van der Waals surface area (Å²) in [6.07, 6.45) is 3.77. The van der Waals surface area contributed by atoms with Crippen LogP contribution in [0.15, 0.2) is 33.7 Å². The Bertz CT molecular complexity index is 385. The molecule has 0 radical (unpaired) electrons. The lowest BCUT2D eigenvalue weighted by molar-refractivity contribution is 0.347. The predicted molar refractivity (Wildman–Crippen MR) is 58.0 cm³/mol. The Morgan fingerprint density at radius 3 is 2.86 bits per heavy atom. The van der Waals surface area contributed by atoms with E-state index in [0.29, 0.717) is 5.92 Å². The highest BCUT2D eigenvalue weighted by atomic mass is 79.9. The average molecular weight is 252 g/mol. The van der Waals surface area contributed by atoms with E-state index in [2.05, 4.69) is 33.1 Å². The van der Waals surface area contributed by atoms with Gasteiger partial charge in [-0.2, -0.15) is 0 Å². The van der Waals surface area contributed by atoms with Gasteiger partial charge in [0.1, 0.15) is 0 Å². The summed E-state index contributed by atoms with van der Waals surface area (Å²) in [4.78, 5) is 13.9. The molecule has 2 nitrogen and oxygen atoms in total. The summed E-state index contributed by atoms with van der Waals surface area (Å²) in [5.41, 5.74) is 1.26. The Kier molecular flexibility index (Phi) is 2.80. The molecule has 3 heteroatoms. The minimum atomic E-state index is 0.154. The third-order valence-electron chi connectivity index (χ3n) is 2.73. The maximum atomic E-state index is 10.2. The Morgan fingerprint density at radius 1 is 1.43 bits per heavy atom. The molecule has 72 valence electrons. The van der Waals surface area contributed by atoms with E-state index in [1.54, 1.807) is 6.08 Å². The van der Waals surface area contributed by atoms with Crippen LogP contribution in [0.1, 0.15) is 24.3 Å². The van der Waals surface area contributed by atoms with Crippen LogP contribution in [0, 0.1) is 0 Å². The van der Waals surface area contributed by atoms with Gasteiger partial charge in [0, 0.05) is 10.4 Å². The number of isocyanates is 1. The van der Waals surface area contributed by atoms with Crippen molar-refractivity contribution in [1.29, 1.82) is 0 Å². The maximum absolute atomic E-state index is 10.2. The van der Waals surface area contributed by atoms with Gasteiger partial charge in [-0.3, -0.25) is 0 Å². The van der Waals surface area contributed by atoms with E-state index < -0.39 is 0 Å². The van der Waals surface area contributed by atoms with Crippen molar-refractivity contribution in [1.82, 2.24) is 0 Å². The molecule has 1 aliphatic carbocycles. The molecule has 0 heterocycles. The molecule has 0 amide bonds. The zero-order chi connectivity index (χ0) is 9.97. The molecule has 0 aliphatic heterocycles. The van der Waals surface area contributed by atoms with Crippen molar-refractivity contribution in [2.75, 3.05) is 0 Å². The summed E-state index contributed by atoms with van der Waals surface area (Å²) >= 11 is 3.43. The predicted octanol–water partition coefficient (Wildman–Crippen LogP) is 3.03. The molecular formula is C11H10BrNO. The van der Waals surface area contributed by atoms with E-state index in [1.165, 1.54) is 5.56 Å². The molecule has 2 atom stereocenters. The standard InChI is InChI=1S/C11H10BrNO/c12-9-3-1-2-8(6-9)10-4-5-11(10)13-7-14/h1-3,6,10-11H,4-5H2/t10-,11-/m0/s1. The molecule has 0 bridgehead atoms. The van der Waals surface area contributed by atoms with E-state index >= 15 is 0 Å². The fraction of sp³-hybridized carbons (Fsp3) is 0.364. The van der Waals surface area contributed by atoms with Crippen molar-refractivity contribution in [3.63, 3.8) is 0 Å². The van der Waals surface area contributed by atoms with Gasteiger partial charge in [0.25, 0.3) is 0 Å². The lowest BCUT2D eigenvalue weighted by Crippen LogP contribution is -2.27. The van der Waals surface area contributed by atoms with Crippen molar-refractivity contribution >= 4 is 22.0 Å². The van der Waals surface area contributed by atoms with Crippen molar-refractivity contribution in [2.24, 2.45) is 4.99 Å². The molecule has 2 rings (SSSR count). The third-order valence-corrected chi connectivity index (χ3v) is 3.23. The zero-order valence-corrected chi connectivity index (χ0v) is 9.20. The number of rotatable bonds is 2. The minimum Gasteiger partial charge on any atom is -0.211 e. The summed E-state index contributed by atoms with van der Waals surface area (Å²) in [6, 6.07) is 8.35.